The molecule has 1 rings (SSSR count). The zero-order valence-electron chi connectivity index (χ0n) is 12.0. The summed E-state index contributed by atoms with van der Waals surface area (Å²) in [6.45, 7) is 9.64. The van der Waals surface area contributed by atoms with Gasteiger partial charge in [0.1, 0.15) is 0 Å². The van der Waals surface area contributed by atoms with Crippen molar-refractivity contribution in [3.63, 3.8) is 0 Å². The fourth-order valence-corrected chi connectivity index (χ4v) is 2.63. The molecule has 1 fully saturated rings. The topological polar surface area (TPSA) is 43.7 Å². The van der Waals surface area contributed by atoms with Crippen molar-refractivity contribution in [2.24, 2.45) is 11.3 Å². The molecule has 3 heteroatoms. The maximum Gasteiger partial charge on any atom is 0.0609 e. The highest BCUT2D eigenvalue weighted by Crippen LogP contribution is 2.39. The largest absolute Gasteiger partial charge is 0.394 e. The van der Waals surface area contributed by atoms with E-state index in [1.807, 2.05) is 20.9 Å². The van der Waals surface area contributed by atoms with Gasteiger partial charge in [-0.1, -0.05) is 13.8 Å². The lowest BCUT2D eigenvalue weighted by Gasteiger charge is -2.43. The molecule has 3 nitrogen and oxygen atoms in total. The summed E-state index contributed by atoms with van der Waals surface area (Å²) in [5, 5.41) is 19.5. The summed E-state index contributed by atoms with van der Waals surface area (Å²) in [5.41, 5.74) is 0.134. The van der Waals surface area contributed by atoms with Crippen molar-refractivity contribution < 1.29 is 10.2 Å². The fourth-order valence-electron chi connectivity index (χ4n) is 2.63. The lowest BCUT2D eigenvalue weighted by atomic mass is 9.70. The Balaban J connectivity index is 2.60. The zero-order chi connectivity index (χ0) is 13.3. The minimum atomic E-state index is -0.207. The molecule has 0 aromatic heterocycles. The second kappa shape index (κ2) is 5.25. The van der Waals surface area contributed by atoms with E-state index in [2.05, 4.69) is 18.7 Å². The molecule has 0 amide bonds. The van der Waals surface area contributed by atoms with Crippen LogP contribution in [0.5, 0.6) is 0 Å². The molecule has 0 heterocycles. The van der Waals surface area contributed by atoms with E-state index in [-0.39, 0.29) is 18.2 Å². The fraction of sp³-hybridized carbons (Fsp3) is 1.00. The standard InChI is InChI=1S/C14H29NO2/c1-13(2)7-6-12(17)11(8-13)9-15(5)14(3,4)10-16/h11-12,16-17H,6-10H2,1-5H3. The maximum absolute atomic E-state index is 10.1. The molecular formula is C14H29NO2. The van der Waals surface area contributed by atoms with Crippen molar-refractivity contribution in [1.29, 1.82) is 0 Å². The third-order valence-corrected chi connectivity index (χ3v) is 4.40. The molecule has 17 heavy (non-hydrogen) atoms. The Labute approximate surface area is 106 Å². The molecule has 1 aliphatic carbocycles. The molecule has 0 radical (unpaired) electrons. The van der Waals surface area contributed by atoms with Crippen LogP contribution in [0.2, 0.25) is 0 Å². The van der Waals surface area contributed by atoms with Crippen molar-refractivity contribution in [2.75, 3.05) is 20.2 Å². The Kier molecular flexibility index (Phi) is 4.61. The Bertz CT molecular complexity index is 251. The molecule has 0 saturated heterocycles. The van der Waals surface area contributed by atoms with Gasteiger partial charge in [-0.05, 0) is 51.5 Å². The summed E-state index contributed by atoms with van der Waals surface area (Å²) in [6.07, 6.45) is 2.91. The monoisotopic (exact) mass is 243 g/mol. The first kappa shape index (κ1) is 14.9. The van der Waals surface area contributed by atoms with Gasteiger partial charge in [0.15, 0.2) is 0 Å². The van der Waals surface area contributed by atoms with Crippen LogP contribution in [0.3, 0.4) is 0 Å². The first-order valence-electron chi connectivity index (χ1n) is 6.68. The molecule has 1 aliphatic rings. The quantitative estimate of drug-likeness (QED) is 0.792. The van der Waals surface area contributed by atoms with Crippen LogP contribution in [0, 0.1) is 11.3 Å². The van der Waals surface area contributed by atoms with Crippen LogP contribution in [-0.4, -0.2) is 47.0 Å². The Hall–Kier alpha value is -0.120. The van der Waals surface area contributed by atoms with Gasteiger partial charge < -0.3 is 10.2 Å². The predicted octanol–water partition coefficient (Wildman–Crippen LogP) is 1.88. The predicted molar refractivity (Wildman–Crippen MR) is 70.9 cm³/mol. The van der Waals surface area contributed by atoms with Crippen LogP contribution in [0.1, 0.15) is 47.0 Å². The number of likely N-dealkylation sites (N-methyl/N-ethyl adjacent to an activating group) is 1. The third-order valence-electron chi connectivity index (χ3n) is 4.40. The molecule has 2 unspecified atom stereocenters. The average molecular weight is 243 g/mol. The van der Waals surface area contributed by atoms with Gasteiger partial charge in [0.05, 0.1) is 12.7 Å². The molecule has 2 atom stereocenters. The van der Waals surface area contributed by atoms with Gasteiger partial charge in [0.2, 0.25) is 0 Å². The Morgan fingerprint density at radius 1 is 1.35 bits per heavy atom. The molecule has 0 aromatic rings. The smallest absolute Gasteiger partial charge is 0.0609 e. The molecule has 1 saturated carbocycles. The van der Waals surface area contributed by atoms with E-state index in [1.54, 1.807) is 0 Å². The van der Waals surface area contributed by atoms with Crippen LogP contribution in [-0.2, 0) is 0 Å². The number of hydrogen-bond acceptors (Lipinski definition) is 3. The van der Waals surface area contributed by atoms with E-state index in [4.69, 9.17) is 0 Å². The van der Waals surface area contributed by atoms with Gasteiger partial charge in [-0.2, -0.15) is 0 Å². The van der Waals surface area contributed by atoms with Gasteiger partial charge in [-0.25, -0.2) is 0 Å². The van der Waals surface area contributed by atoms with Crippen molar-refractivity contribution in [3.05, 3.63) is 0 Å². The van der Waals surface area contributed by atoms with Crippen molar-refractivity contribution >= 4 is 0 Å². The van der Waals surface area contributed by atoms with Crippen molar-refractivity contribution in [2.45, 2.75) is 58.6 Å². The van der Waals surface area contributed by atoms with Crippen LogP contribution in [0.25, 0.3) is 0 Å². The Morgan fingerprint density at radius 3 is 2.47 bits per heavy atom. The van der Waals surface area contributed by atoms with Gasteiger partial charge >= 0.3 is 0 Å². The normalized spacial score (nSPS) is 29.6. The molecule has 0 aromatic carbocycles. The summed E-state index contributed by atoms with van der Waals surface area (Å²) in [5.74, 6) is 0.328. The minimum absolute atomic E-state index is 0.149. The van der Waals surface area contributed by atoms with Crippen LogP contribution in [0.4, 0.5) is 0 Å². The summed E-state index contributed by atoms with van der Waals surface area (Å²) in [7, 11) is 2.03. The lowest BCUT2D eigenvalue weighted by Crippen LogP contribution is -2.49. The number of aliphatic hydroxyl groups excluding tert-OH is 2. The summed E-state index contributed by atoms with van der Waals surface area (Å²) < 4.78 is 0. The van der Waals surface area contributed by atoms with E-state index < -0.39 is 0 Å². The second-order valence-corrected chi connectivity index (χ2v) is 7.09. The molecular weight excluding hydrogens is 214 g/mol. The van der Waals surface area contributed by atoms with E-state index in [0.717, 1.165) is 25.8 Å². The summed E-state index contributed by atoms with van der Waals surface area (Å²) >= 11 is 0. The van der Waals surface area contributed by atoms with Crippen molar-refractivity contribution in [3.8, 4) is 0 Å². The van der Waals surface area contributed by atoms with Gasteiger partial charge in [-0.3, -0.25) is 4.90 Å². The summed E-state index contributed by atoms with van der Waals surface area (Å²) in [6, 6.07) is 0. The van der Waals surface area contributed by atoms with Crippen LogP contribution < -0.4 is 0 Å². The van der Waals surface area contributed by atoms with E-state index in [0.29, 0.717) is 11.3 Å². The van der Waals surface area contributed by atoms with Gasteiger partial charge in [0, 0.05) is 12.1 Å². The first-order chi connectivity index (χ1) is 7.68. The second-order valence-electron chi connectivity index (χ2n) is 7.09. The number of hydrogen-bond donors (Lipinski definition) is 2. The number of aliphatic hydroxyl groups is 2. The number of rotatable bonds is 4. The maximum atomic E-state index is 10.1. The minimum Gasteiger partial charge on any atom is -0.394 e. The van der Waals surface area contributed by atoms with Crippen molar-refractivity contribution in [1.82, 2.24) is 4.90 Å². The van der Waals surface area contributed by atoms with E-state index >= 15 is 0 Å². The highest BCUT2D eigenvalue weighted by atomic mass is 16.3. The van der Waals surface area contributed by atoms with Gasteiger partial charge in [-0.15, -0.1) is 0 Å². The SMILES string of the molecule is CN(CC1CC(C)(C)CCC1O)C(C)(C)CO. The van der Waals surface area contributed by atoms with E-state index in [9.17, 15) is 10.2 Å². The molecule has 0 spiro atoms. The number of nitrogens with zero attached hydrogens (tertiary/aromatic N) is 1. The Morgan fingerprint density at radius 2 is 1.94 bits per heavy atom. The summed E-state index contributed by atoms with van der Waals surface area (Å²) in [4.78, 5) is 2.17. The molecule has 2 N–H and O–H groups in total. The first-order valence-corrected chi connectivity index (χ1v) is 6.68. The van der Waals surface area contributed by atoms with E-state index in [1.165, 1.54) is 0 Å². The van der Waals surface area contributed by atoms with Gasteiger partial charge in [0.25, 0.3) is 0 Å². The molecule has 102 valence electrons. The highest BCUT2D eigenvalue weighted by molar-refractivity contribution is 4.88. The molecule has 0 aliphatic heterocycles. The third kappa shape index (κ3) is 3.94. The van der Waals surface area contributed by atoms with Crippen LogP contribution in [0.15, 0.2) is 0 Å². The molecule has 0 bridgehead atoms. The zero-order valence-corrected chi connectivity index (χ0v) is 12.0. The lowest BCUT2D eigenvalue weighted by molar-refractivity contribution is -0.0159. The van der Waals surface area contributed by atoms with Crippen LogP contribution >= 0.6 is 0 Å². The average Bonchev–Trinajstić information content (AvgIpc) is 2.23. The highest BCUT2D eigenvalue weighted by Gasteiger charge is 2.36.